The number of ketones is 1. The van der Waals surface area contributed by atoms with E-state index in [2.05, 4.69) is 10.3 Å². The highest BCUT2D eigenvalue weighted by Crippen LogP contribution is 2.00. The summed E-state index contributed by atoms with van der Waals surface area (Å²) in [4.78, 5) is 27.1. The van der Waals surface area contributed by atoms with Crippen molar-refractivity contribution in [1.29, 1.82) is 0 Å². The summed E-state index contributed by atoms with van der Waals surface area (Å²) in [5, 5.41) is 2.53. The Morgan fingerprint density at radius 3 is 3.00 bits per heavy atom. The lowest BCUT2D eigenvalue weighted by Gasteiger charge is -2.22. The van der Waals surface area contributed by atoms with Crippen molar-refractivity contribution in [3.05, 3.63) is 30.1 Å². The van der Waals surface area contributed by atoms with E-state index in [1.165, 1.54) is 6.20 Å². The number of Topliss-reactive ketones (excluding diaryl/α,β-unsaturated/α-hetero) is 1. The third-order valence-corrected chi connectivity index (χ3v) is 2.51. The first-order chi connectivity index (χ1) is 8.77. The molecule has 2 heterocycles. The second kappa shape index (κ2) is 6.23. The predicted octanol–water partition coefficient (Wildman–Crippen LogP) is -0.204. The number of carbonyl (C=O) groups excluding carboxylic acids is 2. The topological polar surface area (TPSA) is 77.5 Å². The summed E-state index contributed by atoms with van der Waals surface area (Å²) >= 11 is 0. The first-order valence-corrected chi connectivity index (χ1v) is 5.69. The molecule has 2 rings (SSSR count). The molecular weight excluding hydrogens is 236 g/mol. The van der Waals surface area contributed by atoms with Gasteiger partial charge >= 0.3 is 0 Å². The zero-order chi connectivity index (χ0) is 12.8. The van der Waals surface area contributed by atoms with Crippen LogP contribution in [0, 0.1) is 0 Å². The van der Waals surface area contributed by atoms with Crippen LogP contribution in [0.1, 0.15) is 10.4 Å². The van der Waals surface area contributed by atoms with E-state index < -0.39 is 11.7 Å². The van der Waals surface area contributed by atoms with Crippen LogP contribution in [0.4, 0.5) is 0 Å². The van der Waals surface area contributed by atoms with Crippen LogP contribution in [-0.2, 0) is 14.3 Å². The van der Waals surface area contributed by atoms with Crippen molar-refractivity contribution >= 4 is 11.7 Å². The first kappa shape index (κ1) is 12.7. The summed E-state index contributed by atoms with van der Waals surface area (Å²) < 4.78 is 10.5. The lowest BCUT2D eigenvalue weighted by Crippen LogP contribution is -2.42. The zero-order valence-corrected chi connectivity index (χ0v) is 9.80. The van der Waals surface area contributed by atoms with E-state index in [1.807, 2.05) is 0 Å². The third-order valence-electron chi connectivity index (χ3n) is 2.51. The molecule has 18 heavy (non-hydrogen) atoms. The number of carbonyl (C=O) groups is 2. The number of pyridine rings is 1. The Kier molecular flexibility index (Phi) is 4.38. The minimum atomic E-state index is -0.655. The van der Waals surface area contributed by atoms with Gasteiger partial charge in [0, 0.05) is 24.5 Å². The predicted molar refractivity (Wildman–Crippen MR) is 62.1 cm³/mol. The highest BCUT2D eigenvalue weighted by molar-refractivity contribution is 6.42. The normalized spacial score (nSPS) is 19.2. The largest absolute Gasteiger partial charge is 0.376 e. The van der Waals surface area contributed by atoms with Crippen LogP contribution in [0.3, 0.4) is 0 Å². The average molecular weight is 250 g/mol. The van der Waals surface area contributed by atoms with Gasteiger partial charge in [0.05, 0.1) is 25.9 Å². The summed E-state index contributed by atoms with van der Waals surface area (Å²) in [6.45, 7) is 1.78. The molecule has 1 N–H and O–H groups in total. The maximum absolute atomic E-state index is 11.7. The maximum Gasteiger partial charge on any atom is 0.292 e. The van der Waals surface area contributed by atoms with Gasteiger partial charge in [-0.25, -0.2) is 0 Å². The molecule has 6 nitrogen and oxygen atoms in total. The molecule has 0 bridgehead atoms. The van der Waals surface area contributed by atoms with Crippen LogP contribution in [0.25, 0.3) is 0 Å². The fraction of sp³-hybridized carbons (Fsp3) is 0.417. The Balaban J connectivity index is 1.82. The Morgan fingerprint density at radius 1 is 1.44 bits per heavy atom. The standard InChI is InChI=1S/C12H14N2O4/c15-11(9-2-1-3-13-6-9)12(16)14-7-10-8-17-4-5-18-10/h1-3,6,10H,4-5,7-8H2,(H,14,16)/t10-/m0/s1. The van der Waals surface area contributed by atoms with Crippen molar-refractivity contribution < 1.29 is 19.1 Å². The van der Waals surface area contributed by atoms with Gasteiger partial charge in [-0.05, 0) is 12.1 Å². The first-order valence-electron chi connectivity index (χ1n) is 5.69. The molecule has 0 saturated carbocycles. The number of nitrogens with zero attached hydrogens (tertiary/aromatic N) is 1. The van der Waals surface area contributed by atoms with E-state index in [1.54, 1.807) is 18.3 Å². The monoisotopic (exact) mass is 250 g/mol. The van der Waals surface area contributed by atoms with Gasteiger partial charge in [0.15, 0.2) is 0 Å². The van der Waals surface area contributed by atoms with Gasteiger partial charge in [-0.3, -0.25) is 14.6 Å². The fourth-order valence-electron chi connectivity index (χ4n) is 1.57. The number of ether oxygens (including phenoxy) is 2. The Hall–Kier alpha value is -1.79. The van der Waals surface area contributed by atoms with Crippen LogP contribution in [0.2, 0.25) is 0 Å². The summed E-state index contributed by atoms with van der Waals surface area (Å²) in [5.74, 6) is -1.25. The SMILES string of the molecule is O=C(NC[C@H]1COCCO1)C(=O)c1cccnc1. The lowest BCUT2D eigenvalue weighted by atomic mass is 10.2. The van der Waals surface area contributed by atoms with Crippen molar-refractivity contribution in [1.82, 2.24) is 10.3 Å². The Labute approximate surface area is 104 Å². The van der Waals surface area contributed by atoms with Gasteiger partial charge in [0.1, 0.15) is 0 Å². The van der Waals surface area contributed by atoms with Crippen molar-refractivity contribution in [2.45, 2.75) is 6.10 Å². The maximum atomic E-state index is 11.7. The van der Waals surface area contributed by atoms with Crippen LogP contribution < -0.4 is 5.32 Å². The number of amides is 1. The van der Waals surface area contributed by atoms with Crippen molar-refractivity contribution in [2.24, 2.45) is 0 Å². The van der Waals surface area contributed by atoms with E-state index in [0.29, 0.717) is 19.8 Å². The number of rotatable bonds is 4. The van der Waals surface area contributed by atoms with Crippen molar-refractivity contribution in [2.75, 3.05) is 26.4 Å². The van der Waals surface area contributed by atoms with Crippen LogP contribution in [-0.4, -0.2) is 49.1 Å². The molecule has 1 amide bonds. The summed E-state index contributed by atoms with van der Waals surface area (Å²) in [5.41, 5.74) is 0.274. The van der Waals surface area contributed by atoms with Crippen LogP contribution in [0.5, 0.6) is 0 Å². The van der Waals surface area contributed by atoms with E-state index in [-0.39, 0.29) is 18.2 Å². The van der Waals surface area contributed by atoms with Crippen molar-refractivity contribution in [3.8, 4) is 0 Å². The highest BCUT2D eigenvalue weighted by Gasteiger charge is 2.19. The smallest absolute Gasteiger partial charge is 0.292 e. The van der Waals surface area contributed by atoms with Gasteiger partial charge in [0.2, 0.25) is 0 Å². The second-order valence-corrected chi connectivity index (χ2v) is 3.85. The second-order valence-electron chi connectivity index (χ2n) is 3.85. The van der Waals surface area contributed by atoms with Crippen LogP contribution in [0.15, 0.2) is 24.5 Å². The molecule has 1 atom stereocenters. The molecular formula is C12H14N2O4. The molecule has 6 heteroatoms. The molecule has 0 radical (unpaired) electrons. The minimum Gasteiger partial charge on any atom is -0.376 e. The molecule has 96 valence electrons. The molecule has 0 aromatic carbocycles. The average Bonchev–Trinajstić information content (AvgIpc) is 2.46. The van der Waals surface area contributed by atoms with Crippen molar-refractivity contribution in [3.63, 3.8) is 0 Å². The third kappa shape index (κ3) is 3.35. The number of aromatic nitrogens is 1. The highest BCUT2D eigenvalue weighted by atomic mass is 16.6. The van der Waals surface area contributed by atoms with Gasteiger partial charge in [-0.1, -0.05) is 0 Å². The number of hydrogen-bond acceptors (Lipinski definition) is 5. The molecule has 0 spiro atoms. The van der Waals surface area contributed by atoms with Gasteiger partial charge in [0.25, 0.3) is 11.7 Å². The molecule has 1 aliphatic heterocycles. The van der Waals surface area contributed by atoms with E-state index >= 15 is 0 Å². The Bertz CT molecular complexity index is 415. The van der Waals surface area contributed by atoms with Gasteiger partial charge in [-0.2, -0.15) is 0 Å². The Morgan fingerprint density at radius 2 is 2.33 bits per heavy atom. The molecule has 0 unspecified atom stereocenters. The van der Waals surface area contributed by atoms with E-state index in [9.17, 15) is 9.59 Å². The molecule has 1 aromatic rings. The molecule has 1 saturated heterocycles. The fourth-order valence-corrected chi connectivity index (χ4v) is 1.57. The molecule has 1 aromatic heterocycles. The molecule has 1 fully saturated rings. The van der Waals surface area contributed by atoms with Gasteiger partial charge in [-0.15, -0.1) is 0 Å². The zero-order valence-electron chi connectivity index (χ0n) is 9.80. The number of hydrogen-bond donors (Lipinski definition) is 1. The quantitative estimate of drug-likeness (QED) is 0.591. The van der Waals surface area contributed by atoms with Crippen LogP contribution >= 0.6 is 0 Å². The summed E-state index contributed by atoms with van der Waals surface area (Å²) in [6.07, 6.45) is 2.72. The minimum absolute atomic E-state index is 0.190. The van der Waals surface area contributed by atoms with E-state index in [4.69, 9.17) is 9.47 Å². The van der Waals surface area contributed by atoms with E-state index in [0.717, 1.165) is 0 Å². The molecule has 0 aliphatic carbocycles. The summed E-state index contributed by atoms with van der Waals surface area (Å²) in [6, 6.07) is 3.16. The van der Waals surface area contributed by atoms with Gasteiger partial charge < -0.3 is 14.8 Å². The summed E-state index contributed by atoms with van der Waals surface area (Å²) in [7, 11) is 0. The lowest BCUT2D eigenvalue weighted by molar-refractivity contribution is -0.120. The number of nitrogens with one attached hydrogen (secondary N) is 1. The molecule has 1 aliphatic rings.